The van der Waals surface area contributed by atoms with Gasteiger partial charge in [-0.1, -0.05) is 18.9 Å². The maximum Gasteiger partial charge on any atom is 0.240 e. The van der Waals surface area contributed by atoms with Gasteiger partial charge in [-0.3, -0.25) is 4.79 Å². The van der Waals surface area contributed by atoms with E-state index < -0.39 is 17.8 Å². The first kappa shape index (κ1) is 13.9. The molecular weight excluding hydrogens is 269 g/mol. The average Bonchev–Trinajstić information content (AvgIpc) is 2.86. The SMILES string of the molecule is N#Cc1c(F)cccc1N1[C@@H]2CCCC[C@H]2C[C@H]1C(N)=O. The number of nitriles is 1. The highest BCUT2D eigenvalue weighted by Gasteiger charge is 2.45. The lowest BCUT2D eigenvalue weighted by Gasteiger charge is -2.35. The standard InChI is InChI=1S/C16H18FN3O/c17-12-5-3-7-14(11(12)9-18)20-13-6-2-1-4-10(13)8-15(20)16(19)21/h3,5,7,10,13,15H,1-2,4,6,8H2,(H2,19,21)/t10-,13+,15-/m0/s1. The lowest BCUT2D eigenvalue weighted by molar-refractivity contribution is -0.119. The minimum Gasteiger partial charge on any atom is -0.368 e. The number of nitrogens with zero attached hydrogens (tertiary/aromatic N) is 2. The van der Waals surface area contributed by atoms with Crippen molar-refractivity contribution >= 4 is 11.6 Å². The summed E-state index contributed by atoms with van der Waals surface area (Å²) in [7, 11) is 0. The first-order chi connectivity index (χ1) is 10.1. The Morgan fingerprint density at radius 1 is 1.38 bits per heavy atom. The second-order valence-corrected chi connectivity index (χ2v) is 5.92. The van der Waals surface area contributed by atoms with Gasteiger partial charge in [0.25, 0.3) is 0 Å². The van der Waals surface area contributed by atoms with Crippen LogP contribution in [0, 0.1) is 23.1 Å². The van der Waals surface area contributed by atoms with Crippen LogP contribution < -0.4 is 10.6 Å². The molecule has 0 spiro atoms. The molecule has 1 heterocycles. The lowest BCUT2D eigenvalue weighted by Crippen LogP contribution is -2.45. The molecule has 4 nitrogen and oxygen atoms in total. The zero-order valence-electron chi connectivity index (χ0n) is 11.8. The number of fused-ring (bicyclic) bond motifs is 1. The van der Waals surface area contributed by atoms with Crippen molar-refractivity contribution in [2.75, 3.05) is 4.90 Å². The van der Waals surface area contributed by atoms with Gasteiger partial charge < -0.3 is 10.6 Å². The minimum absolute atomic E-state index is 0.00923. The van der Waals surface area contributed by atoms with Crippen molar-refractivity contribution in [1.82, 2.24) is 0 Å². The fourth-order valence-electron chi connectivity index (χ4n) is 3.90. The predicted octanol–water partition coefficient (Wildman–Crippen LogP) is 2.32. The molecule has 1 saturated heterocycles. The second kappa shape index (κ2) is 5.36. The Kier molecular flexibility index (Phi) is 3.54. The molecule has 0 bridgehead atoms. The fourth-order valence-corrected chi connectivity index (χ4v) is 3.90. The molecule has 2 N–H and O–H groups in total. The molecular formula is C16H18FN3O. The third-order valence-electron chi connectivity index (χ3n) is 4.80. The van der Waals surface area contributed by atoms with Crippen LogP contribution in [0.3, 0.4) is 0 Å². The minimum atomic E-state index is -0.544. The molecule has 21 heavy (non-hydrogen) atoms. The molecule has 1 aromatic rings. The van der Waals surface area contributed by atoms with Gasteiger partial charge in [0, 0.05) is 6.04 Å². The quantitative estimate of drug-likeness (QED) is 0.907. The average molecular weight is 287 g/mol. The van der Waals surface area contributed by atoms with E-state index in [4.69, 9.17) is 5.73 Å². The van der Waals surface area contributed by atoms with Crippen molar-refractivity contribution in [2.24, 2.45) is 11.7 Å². The second-order valence-electron chi connectivity index (χ2n) is 5.92. The summed E-state index contributed by atoms with van der Waals surface area (Å²) >= 11 is 0. The van der Waals surface area contributed by atoms with Crippen molar-refractivity contribution in [3.05, 3.63) is 29.6 Å². The van der Waals surface area contributed by atoms with Gasteiger partial charge in [0.1, 0.15) is 23.5 Å². The Morgan fingerprint density at radius 2 is 2.14 bits per heavy atom. The maximum atomic E-state index is 13.9. The van der Waals surface area contributed by atoms with Gasteiger partial charge in [0.05, 0.1) is 5.69 Å². The van der Waals surface area contributed by atoms with E-state index in [1.54, 1.807) is 12.1 Å². The molecule has 0 radical (unpaired) electrons. The molecule has 1 aliphatic heterocycles. The number of benzene rings is 1. The molecule has 3 rings (SSSR count). The Balaban J connectivity index is 2.07. The lowest BCUT2D eigenvalue weighted by atomic mass is 9.84. The fraction of sp³-hybridized carbons (Fsp3) is 0.500. The van der Waals surface area contributed by atoms with E-state index >= 15 is 0 Å². The number of carbonyl (C=O) groups is 1. The summed E-state index contributed by atoms with van der Waals surface area (Å²) in [6.07, 6.45) is 5.01. The van der Waals surface area contributed by atoms with E-state index in [-0.39, 0.29) is 11.6 Å². The summed E-state index contributed by atoms with van der Waals surface area (Å²) in [4.78, 5) is 13.7. The van der Waals surface area contributed by atoms with E-state index in [0.29, 0.717) is 18.0 Å². The number of amides is 1. The molecule has 110 valence electrons. The Labute approximate surface area is 123 Å². The van der Waals surface area contributed by atoms with Crippen LogP contribution in [-0.2, 0) is 4.79 Å². The number of rotatable bonds is 2. The molecule has 3 atom stereocenters. The van der Waals surface area contributed by atoms with Crippen LogP contribution in [0.15, 0.2) is 18.2 Å². The van der Waals surface area contributed by atoms with Crippen LogP contribution in [0.25, 0.3) is 0 Å². The summed E-state index contributed by atoms with van der Waals surface area (Å²) < 4.78 is 13.9. The van der Waals surface area contributed by atoms with Crippen molar-refractivity contribution < 1.29 is 9.18 Å². The summed E-state index contributed by atoms with van der Waals surface area (Å²) in [5.74, 6) is -0.527. The Hall–Kier alpha value is -2.09. The molecule has 1 amide bonds. The first-order valence-electron chi connectivity index (χ1n) is 7.39. The van der Waals surface area contributed by atoms with Crippen LogP contribution in [0.4, 0.5) is 10.1 Å². The van der Waals surface area contributed by atoms with Gasteiger partial charge in [-0.05, 0) is 37.3 Å². The summed E-state index contributed by atoms with van der Waals surface area (Å²) in [6.45, 7) is 0. The number of primary amides is 1. The van der Waals surface area contributed by atoms with Crippen molar-refractivity contribution in [2.45, 2.75) is 44.2 Å². The van der Waals surface area contributed by atoms with E-state index in [1.807, 2.05) is 11.0 Å². The monoisotopic (exact) mass is 287 g/mol. The number of carbonyl (C=O) groups excluding carboxylic acids is 1. The van der Waals surface area contributed by atoms with Gasteiger partial charge in [0.15, 0.2) is 0 Å². The van der Waals surface area contributed by atoms with E-state index in [9.17, 15) is 14.4 Å². The van der Waals surface area contributed by atoms with Gasteiger partial charge in [-0.2, -0.15) is 5.26 Å². The molecule has 2 aliphatic rings. The normalized spacial score (nSPS) is 28.0. The smallest absolute Gasteiger partial charge is 0.240 e. The molecule has 1 aliphatic carbocycles. The molecule has 0 aromatic heterocycles. The molecule has 1 saturated carbocycles. The first-order valence-corrected chi connectivity index (χ1v) is 7.39. The number of hydrogen-bond acceptors (Lipinski definition) is 3. The van der Waals surface area contributed by atoms with Crippen LogP contribution in [0.1, 0.15) is 37.7 Å². The third kappa shape index (κ3) is 2.25. The van der Waals surface area contributed by atoms with Gasteiger partial charge in [-0.25, -0.2) is 4.39 Å². The largest absolute Gasteiger partial charge is 0.368 e. The highest BCUT2D eigenvalue weighted by Crippen LogP contribution is 2.43. The zero-order chi connectivity index (χ0) is 15.0. The molecule has 2 fully saturated rings. The van der Waals surface area contributed by atoms with Crippen molar-refractivity contribution in [3.8, 4) is 6.07 Å². The Bertz CT molecular complexity index is 610. The van der Waals surface area contributed by atoms with Crippen LogP contribution in [0.2, 0.25) is 0 Å². The topological polar surface area (TPSA) is 70.1 Å². The number of halogens is 1. The summed E-state index contributed by atoms with van der Waals surface area (Å²) in [6, 6.07) is 6.25. The maximum absolute atomic E-state index is 13.9. The van der Waals surface area contributed by atoms with E-state index in [1.165, 1.54) is 6.07 Å². The van der Waals surface area contributed by atoms with Crippen LogP contribution >= 0.6 is 0 Å². The van der Waals surface area contributed by atoms with Crippen LogP contribution in [0.5, 0.6) is 0 Å². The predicted molar refractivity (Wildman–Crippen MR) is 76.9 cm³/mol. The number of nitrogens with two attached hydrogens (primary N) is 1. The third-order valence-corrected chi connectivity index (χ3v) is 4.80. The van der Waals surface area contributed by atoms with E-state index in [2.05, 4.69) is 0 Å². The van der Waals surface area contributed by atoms with Crippen molar-refractivity contribution in [3.63, 3.8) is 0 Å². The van der Waals surface area contributed by atoms with Gasteiger partial charge in [0.2, 0.25) is 5.91 Å². The van der Waals surface area contributed by atoms with E-state index in [0.717, 1.165) is 25.7 Å². The summed E-state index contributed by atoms with van der Waals surface area (Å²) in [5.41, 5.74) is 6.07. The zero-order valence-corrected chi connectivity index (χ0v) is 11.8. The highest BCUT2D eigenvalue weighted by molar-refractivity contribution is 5.85. The molecule has 1 aromatic carbocycles. The highest BCUT2D eigenvalue weighted by atomic mass is 19.1. The van der Waals surface area contributed by atoms with Crippen LogP contribution in [-0.4, -0.2) is 18.0 Å². The Morgan fingerprint density at radius 3 is 2.86 bits per heavy atom. The number of hydrogen-bond donors (Lipinski definition) is 1. The van der Waals surface area contributed by atoms with Gasteiger partial charge >= 0.3 is 0 Å². The van der Waals surface area contributed by atoms with Gasteiger partial charge in [-0.15, -0.1) is 0 Å². The number of anilines is 1. The van der Waals surface area contributed by atoms with Crippen molar-refractivity contribution in [1.29, 1.82) is 5.26 Å². The molecule has 5 heteroatoms. The summed E-state index contributed by atoms with van der Waals surface area (Å²) in [5, 5.41) is 9.25. The molecule has 0 unspecified atom stereocenters.